The van der Waals surface area contributed by atoms with Gasteiger partial charge in [0, 0.05) is 28.7 Å². The molecule has 96 valence electrons. The zero-order valence-corrected chi connectivity index (χ0v) is 12.0. The molecule has 2 unspecified atom stereocenters. The molecule has 1 aliphatic carbocycles. The maximum absolute atomic E-state index is 12.2. The van der Waals surface area contributed by atoms with Crippen LogP contribution in [0.2, 0.25) is 0 Å². The van der Waals surface area contributed by atoms with E-state index in [1.54, 1.807) is 6.20 Å². The Bertz CT molecular complexity index is 579. The summed E-state index contributed by atoms with van der Waals surface area (Å²) in [5, 5.41) is 0. The van der Waals surface area contributed by atoms with Crippen LogP contribution in [0.25, 0.3) is 0 Å². The van der Waals surface area contributed by atoms with Crippen LogP contribution in [0.1, 0.15) is 23.6 Å². The molecule has 0 radical (unpaired) electrons. The molecule has 2 atom stereocenters. The van der Waals surface area contributed by atoms with Gasteiger partial charge < -0.3 is 0 Å². The van der Waals surface area contributed by atoms with E-state index in [1.165, 1.54) is 5.56 Å². The summed E-state index contributed by atoms with van der Waals surface area (Å²) in [4.78, 5) is 16.5. The lowest BCUT2D eigenvalue weighted by atomic mass is 10.1. The molecule has 1 heterocycles. The zero-order chi connectivity index (χ0) is 13.2. The minimum absolute atomic E-state index is 0.188. The number of benzene rings is 1. The summed E-state index contributed by atoms with van der Waals surface area (Å²) < 4.78 is 0.942. The molecule has 0 amide bonds. The molecular formula is C16H14BrNO. The van der Waals surface area contributed by atoms with Gasteiger partial charge in [-0.1, -0.05) is 30.3 Å². The number of hydrogen-bond donors (Lipinski definition) is 0. The standard InChI is InChI=1S/C16H14BrNO/c17-12-6-7-13(18-10-12)8-16(19)15-9-14(15)11-4-2-1-3-5-11/h1-7,10,14-15H,8-9H2. The van der Waals surface area contributed by atoms with Crippen molar-refractivity contribution in [3.05, 3.63) is 64.4 Å². The van der Waals surface area contributed by atoms with Crippen molar-refractivity contribution in [3.8, 4) is 0 Å². The fourth-order valence-electron chi connectivity index (χ4n) is 2.44. The minimum Gasteiger partial charge on any atom is -0.299 e. The Balaban J connectivity index is 1.63. The van der Waals surface area contributed by atoms with Gasteiger partial charge in [0.1, 0.15) is 5.78 Å². The third-order valence-corrected chi connectivity index (χ3v) is 4.04. The summed E-state index contributed by atoms with van der Waals surface area (Å²) in [5.41, 5.74) is 2.14. The molecule has 0 N–H and O–H groups in total. The summed E-state index contributed by atoms with van der Waals surface area (Å²) in [6.07, 6.45) is 3.17. The van der Waals surface area contributed by atoms with Crippen molar-refractivity contribution >= 4 is 21.7 Å². The lowest BCUT2D eigenvalue weighted by molar-refractivity contribution is -0.119. The smallest absolute Gasteiger partial charge is 0.142 e. The quantitative estimate of drug-likeness (QED) is 0.860. The number of aromatic nitrogens is 1. The molecular weight excluding hydrogens is 302 g/mol. The number of rotatable bonds is 4. The summed E-state index contributed by atoms with van der Waals surface area (Å²) in [6, 6.07) is 14.1. The lowest BCUT2D eigenvalue weighted by Gasteiger charge is -2.01. The molecule has 1 saturated carbocycles. The summed E-state index contributed by atoms with van der Waals surface area (Å²) >= 11 is 3.35. The molecule has 3 heteroatoms. The van der Waals surface area contributed by atoms with Crippen molar-refractivity contribution in [2.75, 3.05) is 0 Å². The summed E-state index contributed by atoms with van der Waals surface area (Å²) in [6.45, 7) is 0. The van der Waals surface area contributed by atoms with Crippen LogP contribution in [0.5, 0.6) is 0 Å². The first-order valence-electron chi connectivity index (χ1n) is 6.42. The van der Waals surface area contributed by atoms with Crippen LogP contribution >= 0.6 is 15.9 Å². The van der Waals surface area contributed by atoms with Gasteiger partial charge >= 0.3 is 0 Å². The van der Waals surface area contributed by atoms with Crippen LogP contribution in [-0.2, 0) is 11.2 Å². The van der Waals surface area contributed by atoms with Crippen LogP contribution in [0.4, 0.5) is 0 Å². The third kappa shape index (κ3) is 2.92. The van der Waals surface area contributed by atoms with Crippen LogP contribution in [-0.4, -0.2) is 10.8 Å². The SMILES string of the molecule is O=C(Cc1ccc(Br)cn1)C1CC1c1ccccc1. The van der Waals surface area contributed by atoms with Crippen molar-refractivity contribution < 1.29 is 4.79 Å². The average molecular weight is 316 g/mol. The highest BCUT2D eigenvalue weighted by atomic mass is 79.9. The third-order valence-electron chi connectivity index (χ3n) is 3.58. The number of carbonyl (C=O) groups excluding carboxylic acids is 1. The summed E-state index contributed by atoms with van der Waals surface area (Å²) in [5.74, 6) is 0.917. The van der Waals surface area contributed by atoms with E-state index >= 15 is 0 Å². The van der Waals surface area contributed by atoms with Gasteiger partial charge in [0.2, 0.25) is 0 Å². The number of nitrogens with zero attached hydrogens (tertiary/aromatic N) is 1. The Morgan fingerprint density at radius 2 is 2.00 bits per heavy atom. The van der Waals surface area contributed by atoms with Crippen molar-refractivity contribution in [1.29, 1.82) is 0 Å². The van der Waals surface area contributed by atoms with Crippen molar-refractivity contribution in [3.63, 3.8) is 0 Å². The van der Waals surface area contributed by atoms with E-state index < -0.39 is 0 Å². The lowest BCUT2D eigenvalue weighted by Crippen LogP contribution is -2.07. The minimum atomic E-state index is 0.188. The second-order valence-corrected chi connectivity index (χ2v) is 5.89. The predicted molar refractivity (Wildman–Crippen MR) is 77.9 cm³/mol. The molecule has 3 rings (SSSR count). The molecule has 1 aromatic heterocycles. The van der Waals surface area contributed by atoms with Crippen LogP contribution in [0.15, 0.2) is 53.1 Å². The van der Waals surface area contributed by atoms with Gasteiger partial charge in [0.15, 0.2) is 0 Å². The first-order chi connectivity index (χ1) is 9.24. The Morgan fingerprint density at radius 1 is 1.21 bits per heavy atom. The number of carbonyl (C=O) groups is 1. The zero-order valence-electron chi connectivity index (χ0n) is 10.4. The number of Topliss-reactive ketones (excluding diaryl/α,β-unsaturated/α-hetero) is 1. The van der Waals surface area contributed by atoms with Gasteiger partial charge in [-0.3, -0.25) is 9.78 Å². The first kappa shape index (κ1) is 12.5. The van der Waals surface area contributed by atoms with Gasteiger partial charge in [-0.05, 0) is 46.0 Å². The van der Waals surface area contributed by atoms with E-state index in [0.717, 1.165) is 16.6 Å². The second-order valence-electron chi connectivity index (χ2n) is 4.97. The number of halogens is 1. The van der Waals surface area contributed by atoms with Crippen molar-refractivity contribution in [2.45, 2.75) is 18.8 Å². The molecule has 2 aromatic rings. The van der Waals surface area contributed by atoms with E-state index in [0.29, 0.717) is 18.1 Å². The van der Waals surface area contributed by atoms with Crippen molar-refractivity contribution in [1.82, 2.24) is 4.98 Å². The van der Waals surface area contributed by atoms with Gasteiger partial charge in [0.25, 0.3) is 0 Å². The molecule has 2 nitrogen and oxygen atoms in total. The number of pyridine rings is 1. The monoisotopic (exact) mass is 315 g/mol. The van der Waals surface area contributed by atoms with E-state index in [9.17, 15) is 4.79 Å². The van der Waals surface area contributed by atoms with Gasteiger partial charge in [0.05, 0.1) is 0 Å². The van der Waals surface area contributed by atoms with Gasteiger partial charge in [-0.15, -0.1) is 0 Å². The van der Waals surface area contributed by atoms with Crippen LogP contribution in [0.3, 0.4) is 0 Å². The molecule has 1 aliphatic rings. The molecule has 0 saturated heterocycles. The maximum Gasteiger partial charge on any atom is 0.142 e. The highest BCUT2D eigenvalue weighted by molar-refractivity contribution is 9.10. The van der Waals surface area contributed by atoms with Crippen LogP contribution < -0.4 is 0 Å². The predicted octanol–water partition coefficient (Wildman–Crippen LogP) is 3.76. The van der Waals surface area contributed by atoms with E-state index in [1.807, 2.05) is 30.3 Å². The number of hydrogen-bond acceptors (Lipinski definition) is 2. The van der Waals surface area contributed by atoms with E-state index in [2.05, 4.69) is 33.0 Å². The Labute approximate surface area is 121 Å². The highest BCUT2D eigenvalue weighted by Gasteiger charge is 2.43. The highest BCUT2D eigenvalue weighted by Crippen LogP contribution is 2.48. The maximum atomic E-state index is 12.2. The number of ketones is 1. The Morgan fingerprint density at radius 3 is 2.68 bits per heavy atom. The van der Waals surface area contributed by atoms with E-state index in [4.69, 9.17) is 0 Å². The largest absolute Gasteiger partial charge is 0.299 e. The van der Waals surface area contributed by atoms with Crippen LogP contribution in [0, 0.1) is 5.92 Å². The first-order valence-corrected chi connectivity index (χ1v) is 7.21. The Kier molecular flexibility index (Phi) is 3.47. The Hall–Kier alpha value is -1.48. The molecule has 1 aromatic carbocycles. The molecule has 0 bridgehead atoms. The normalized spacial score (nSPS) is 21.1. The molecule has 0 aliphatic heterocycles. The van der Waals surface area contributed by atoms with Crippen molar-refractivity contribution in [2.24, 2.45) is 5.92 Å². The fourth-order valence-corrected chi connectivity index (χ4v) is 2.67. The molecule has 1 fully saturated rings. The van der Waals surface area contributed by atoms with E-state index in [-0.39, 0.29) is 5.92 Å². The topological polar surface area (TPSA) is 30.0 Å². The average Bonchev–Trinajstić information content (AvgIpc) is 3.23. The molecule has 0 spiro atoms. The van der Waals surface area contributed by atoms with Gasteiger partial charge in [-0.2, -0.15) is 0 Å². The van der Waals surface area contributed by atoms with Gasteiger partial charge in [-0.25, -0.2) is 0 Å². The fraction of sp³-hybridized carbons (Fsp3) is 0.250. The summed E-state index contributed by atoms with van der Waals surface area (Å²) in [7, 11) is 0. The second kappa shape index (κ2) is 5.25. The molecule has 19 heavy (non-hydrogen) atoms.